The smallest absolute Gasteiger partial charge is 0.274 e. The molecule has 2 N–H and O–H groups in total. The van der Waals surface area contributed by atoms with Crippen LogP contribution >= 0.6 is 11.3 Å². The Hall–Kier alpha value is -3.06. The minimum Gasteiger partial charge on any atom is -0.369 e. The number of benzene rings is 1. The largest absolute Gasteiger partial charge is 0.369 e. The van der Waals surface area contributed by atoms with E-state index in [2.05, 4.69) is 33.5 Å². The summed E-state index contributed by atoms with van der Waals surface area (Å²) in [7, 11) is 0. The van der Waals surface area contributed by atoms with Crippen molar-refractivity contribution in [2.24, 2.45) is 11.1 Å². The third-order valence-electron chi connectivity index (χ3n) is 5.47. The molecule has 2 amide bonds. The van der Waals surface area contributed by atoms with Crippen molar-refractivity contribution < 1.29 is 9.59 Å². The van der Waals surface area contributed by atoms with E-state index in [0.717, 1.165) is 17.5 Å². The molecule has 3 aromatic rings. The summed E-state index contributed by atoms with van der Waals surface area (Å²) in [5, 5.41) is 2.05. The second-order valence-electron chi connectivity index (χ2n) is 7.42. The summed E-state index contributed by atoms with van der Waals surface area (Å²) in [4.78, 5) is 36.3. The Balaban J connectivity index is 1.54. The van der Waals surface area contributed by atoms with Gasteiger partial charge in [0.15, 0.2) is 0 Å². The Kier molecular flexibility index (Phi) is 5.40. The number of nitrogens with two attached hydrogens (primary N) is 1. The number of thiophene rings is 1. The molecule has 148 valence electrons. The molecule has 0 aliphatic carbocycles. The first-order valence-electron chi connectivity index (χ1n) is 9.55. The van der Waals surface area contributed by atoms with Gasteiger partial charge in [-0.1, -0.05) is 30.3 Å². The molecule has 7 heteroatoms. The summed E-state index contributed by atoms with van der Waals surface area (Å²) in [6.07, 6.45) is 6.37. The van der Waals surface area contributed by atoms with E-state index in [0.29, 0.717) is 25.9 Å². The van der Waals surface area contributed by atoms with Crippen molar-refractivity contribution in [3.63, 3.8) is 0 Å². The maximum absolute atomic E-state index is 12.8. The van der Waals surface area contributed by atoms with Crippen LogP contribution in [0.5, 0.6) is 0 Å². The van der Waals surface area contributed by atoms with Crippen LogP contribution in [0.3, 0.4) is 0 Å². The lowest BCUT2D eigenvalue weighted by Crippen LogP contribution is -2.53. The standard InChI is InChI=1S/C22H22N4O2S/c23-21(28)22(13-16-4-6-17(7-5-16)19-3-1-12-29-19)8-2-11-26(15-22)20(27)18-14-24-9-10-25-18/h1,3-7,9-10,12,14H,2,8,11,13,15H2,(H2,23,28)/t22-/m0/s1. The quantitative estimate of drug-likeness (QED) is 0.705. The number of hydrogen-bond acceptors (Lipinski definition) is 5. The van der Waals surface area contributed by atoms with Gasteiger partial charge in [-0.2, -0.15) is 0 Å². The Morgan fingerprint density at radius 3 is 2.66 bits per heavy atom. The number of carbonyl (C=O) groups excluding carboxylic acids is 2. The lowest BCUT2D eigenvalue weighted by molar-refractivity contribution is -0.130. The van der Waals surface area contributed by atoms with Gasteiger partial charge >= 0.3 is 0 Å². The Morgan fingerprint density at radius 1 is 1.17 bits per heavy atom. The van der Waals surface area contributed by atoms with Gasteiger partial charge in [0, 0.05) is 30.4 Å². The van der Waals surface area contributed by atoms with Crippen molar-refractivity contribution in [1.29, 1.82) is 0 Å². The first-order valence-corrected chi connectivity index (χ1v) is 10.4. The number of amides is 2. The number of hydrogen-bond donors (Lipinski definition) is 1. The topological polar surface area (TPSA) is 89.2 Å². The van der Waals surface area contributed by atoms with Gasteiger partial charge in [0.05, 0.1) is 11.6 Å². The van der Waals surface area contributed by atoms with Gasteiger partial charge in [-0.25, -0.2) is 4.98 Å². The highest BCUT2D eigenvalue weighted by atomic mass is 32.1. The molecular weight excluding hydrogens is 384 g/mol. The highest BCUT2D eigenvalue weighted by Crippen LogP contribution is 2.35. The first kappa shape index (κ1) is 19.3. The molecule has 2 aromatic heterocycles. The third kappa shape index (κ3) is 4.05. The molecule has 0 saturated carbocycles. The maximum Gasteiger partial charge on any atom is 0.274 e. The van der Waals surface area contributed by atoms with Crippen LogP contribution in [0.1, 0.15) is 28.9 Å². The van der Waals surface area contributed by atoms with Gasteiger partial charge < -0.3 is 10.6 Å². The predicted octanol–water partition coefficient (Wildman–Crippen LogP) is 3.16. The van der Waals surface area contributed by atoms with Crippen LogP contribution in [-0.4, -0.2) is 39.8 Å². The predicted molar refractivity (Wildman–Crippen MR) is 112 cm³/mol. The SMILES string of the molecule is NC(=O)[C@]1(Cc2ccc(-c3cccs3)cc2)CCCN(C(=O)c2cnccn2)C1. The van der Waals surface area contributed by atoms with E-state index in [1.807, 2.05) is 18.2 Å². The fourth-order valence-corrected chi connectivity index (χ4v) is 4.66. The van der Waals surface area contributed by atoms with E-state index < -0.39 is 5.41 Å². The summed E-state index contributed by atoms with van der Waals surface area (Å²) < 4.78 is 0. The van der Waals surface area contributed by atoms with E-state index in [-0.39, 0.29) is 17.5 Å². The van der Waals surface area contributed by atoms with Gasteiger partial charge in [0.2, 0.25) is 5.91 Å². The van der Waals surface area contributed by atoms with Crippen LogP contribution in [-0.2, 0) is 11.2 Å². The highest BCUT2D eigenvalue weighted by molar-refractivity contribution is 7.13. The summed E-state index contributed by atoms with van der Waals surface area (Å²) in [6, 6.07) is 12.3. The molecule has 3 heterocycles. The number of primary amides is 1. The fraction of sp³-hybridized carbons (Fsp3) is 0.273. The molecule has 0 bridgehead atoms. The average Bonchev–Trinajstić information content (AvgIpc) is 3.29. The summed E-state index contributed by atoms with van der Waals surface area (Å²) in [5.74, 6) is -0.576. The van der Waals surface area contributed by atoms with E-state index in [4.69, 9.17) is 5.73 Å². The second kappa shape index (κ2) is 8.13. The van der Waals surface area contributed by atoms with Crippen molar-refractivity contribution in [1.82, 2.24) is 14.9 Å². The first-order chi connectivity index (χ1) is 14.1. The zero-order valence-electron chi connectivity index (χ0n) is 16.0. The normalized spacial score (nSPS) is 19.1. The van der Waals surface area contributed by atoms with Gasteiger partial charge in [-0.15, -0.1) is 11.3 Å². The van der Waals surface area contributed by atoms with E-state index in [9.17, 15) is 9.59 Å². The van der Waals surface area contributed by atoms with Gasteiger partial charge in [0.1, 0.15) is 5.69 Å². The number of rotatable bonds is 5. The molecule has 1 aliphatic rings. The fourth-order valence-electron chi connectivity index (χ4n) is 3.93. The lowest BCUT2D eigenvalue weighted by Gasteiger charge is -2.40. The van der Waals surface area contributed by atoms with Crippen molar-refractivity contribution in [3.05, 3.63) is 71.6 Å². The zero-order valence-corrected chi connectivity index (χ0v) is 16.8. The second-order valence-corrected chi connectivity index (χ2v) is 8.36. The molecule has 1 atom stereocenters. The molecule has 1 aromatic carbocycles. The van der Waals surface area contributed by atoms with Crippen molar-refractivity contribution >= 4 is 23.2 Å². The Labute approximate surface area is 173 Å². The molecule has 0 spiro atoms. The molecule has 1 saturated heterocycles. The van der Waals surface area contributed by atoms with Gasteiger partial charge in [0.25, 0.3) is 5.91 Å². The third-order valence-corrected chi connectivity index (χ3v) is 6.39. The Bertz CT molecular complexity index is 989. The minimum absolute atomic E-state index is 0.212. The van der Waals surface area contributed by atoms with Crippen LogP contribution in [0, 0.1) is 5.41 Å². The average molecular weight is 407 g/mol. The zero-order chi connectivity index (χ0) is 20.3. The monoisotopic (exact) mass is 406 g/mol. The maximum atomic E-state index is 12.8. The molecular formula is C22H22N4O2S. The molecule has 6 nitrogen and oxygen atoms in total. The Morgan fingerprint density at radius 2 is 2.00 bits per heavy atom. The number of carbonyl (C=O) groups is 2. The van der Waals surface area contributed by atoms with E-state index in [1.54, 1.807) is 16.2 Å². The van der Waals surface area contributed by atoms with Gasteiger partial charge in [-0.05, 0) is 41.8 Å². The van der Waals surface area contributed by atoms with Gasteiger partial charge in [-0.3, -0.25) is 14.6 Å². The van der Waals surface area contributed by atoms with Crippen molar-refractivity contribution in [2.45, 2.75) is 19.3 Å². The van der Waals surface area contributed by atoms with Crippen LogP contribution in [0.15, 0.2) is 60.4 Å². The number of piperidine rings is 1. The number of likely N-dealkylation sites (tertiary alicyclic amines) is 1. The summed E-state index contributed by atoms with van der Waals surface area (Å²) in [6.45, 7) is 0.881. The van der Waals surface area contributed by atoms with E-state index >= 15 is 0 Å². The highest BCUT2D eigenvalue weighted by Gasteiger charge is 2.42. The van der Waals surface area contributed by atoms with Crippen LogP contribution < -0.4 is 5.73 Å². The van der Waals surface area contributed by atoms with Crippen molar-refractivity contribution in [3.8, 4) is 10.4 Å². The molecule has 1 aliphatic heterocycles. The summed E-state index contributed by atoms with van der Waals surface area (Å²) in [5.41, 5.74) is 7.56. The number of nitrogens with zero attached hydrogens (tertiary/aromatic N) is 3. The lowest BCUT2D eigenvalue weighted by atomic mass is 9.74. The van der Waals surface area contributed by atoms with Crippen LogP contribution in [0.4, 0.5) is 0 Å². The van der Waals surface area contributed by atoms with E-state index in [1.165, 1.54) is 23.5 Å². The van der Waals surface area contributed by atoms with Crippen LogP contribution in [0.2, 0.25) is 0 Å². The van der Waals surface area contributed by atoms with Crippen molar-refractivity contribution in [2.75, 3.05) is 13.1 Å². The molecule has 0 radical (unpaired) electrons. The van der Waals surface area contributed by atoms with Crippen LogP contribution in [0.25, 0.3) is 10.4 Å². The minimum atomic E-state index is -0.777. The number of aromatic nitrogens is 2. The molecule has 29 heavy (non-hydrogen) atoms. The molecule has 4 rings (SSSR count). The molecule has 0 unspecified atom stereocenters. The summed E-state index contributed by atoms with van der Waals surface area (Å²) >= 11 is 1.69. The molecule has 1 fully saturated rings.